The lowest BCUT2D eigenvalue weighted by molar-refractivity contribution is -0.121. The second-order valence-corrected chi connectivity index (χ2v) is 10.3. The van der Waals surface area contributed by atoms with Crippen LogP contribution in [0.5, 0.6) is 5.88 Å². The van der Waals surface area contributed by atoms with Crippen molar-refractivity contribution in [3.05, 3.63) is 88.7 Å². The summed E-state index contributed by atoms with van der Waals surface area (Å²) in [4.78, 5) is 31.3. The quantitative estimate of drug-likeness (QED) is 0.307. The summed E-state index contributed by atoms with van der Waals surface area (Å²) >= 11 is 0. The van der Waals surface area contributed by atoms with E-state index in [1.54, 1.807) is 30.1 Å². The average molecular weight is 557 g/mol. The number of nitrogens with one attached hydrogen (secondary N) is 1. The third kappa shape index (κ3) is 5.07. The van der Waals surface area contributed by atoms with E-state index >= 15 is 0 Å². The van der Waals surface area contributed by atoms with Gasteiger partial charge in [0.25, 0.3) is 0 Å². The number of carboxylic acids is 1. The number of nitrogens with zero attached hydrogens (tertiary/aromatic N) is 3. The van der Waals surface area contributed by atoms with Gasteiger partial charge in [-0.05, 0) is 66.6 Å². The Morgan fingerprint density at radius 2 is 1.88 bits per heavy atom. The summed E-state index contributed by atoms with van der Waals surface area (Å²) in [5.74, 6) is -1.56. The van der Waals surface area contributed by atoms with Crippen LogP contribution in [0.25, 0.3) is 10.9 Å². The Morgan fingerprint density at radius 1 is 1.10 bits per heavy atom. The third-order valence-electron chi connectivity index (χ3n) is 7.68. The molecule has 2 aliphatic rings. The SMILES string of the molecule is Cn1c(O)c(C(=Nc2ccc3c(c2)CCN3C(=O)CC2CNCCO2)c2ccc(F)cc2)c2ccc(C(=O)O)cc21. The lowest BCUT2D eigenvalue weighted by Crippen LogP contribution is -2.42. The van der Waals surface area contributed by atoms with Gasteiger partial charge in [-0.25, -0.2) is 14.2 Å². The fourth-order valence-electron chi connectivity index (χ4n) is 5.56. The van der Waals surface area contributed by atoms with Crippen LogP contribution in [0.4, 0.5) is 15.8 Å². The number of morpholine rings is 1. The predicted octanol–water partition coefficient (Wildman–Crippen LogP) is 4.16. The minimum Gasteiger partial charge on any atom is -0.494 e. The number of carbonyl (C=O) groups excluding carboxylic acids is 1. The second-order valence-electron chi connectivity index (χ2n) is 10.3. The van der Waals surface area contributed by atoms with Crippen molar-refractivity contribution in [1.82, 2.24) is 9.88 Å². The highest BCUT2D eigenvalue weighted by Gasteiger charge is 2.28. The van der Waals surface area contributed by atoms with E-state index in [1.807, 2.05) is 18.2 Å². The standard InChI is InChI=1S/C31H29FN4O5/c1-35-26-15-20(31(39)40)4-8-24(26)28(30(35)38)29(18-2-5-21(32)6-3-18)34-22-7-9-25-19(14-22)10-12-36(25)27(37)16-23-17-33-11-13-41-23/h2-9,14-15,23,33,38H,10-13,16-17H2,1H3,(H,39,40). The van der Waals surface area contributed by atoms with E-state index in [1.165, 1.54) is 28.8 Å². The van der Waals surface area contributed by atoms with Crippen LogP contribution in [0.2, 0.25) is 0 Å². The number of aliphatic imine (C=N–C) groups is 1. The number of aromatic hydroxyl groups is 1. The molecule has 0 saturated carbocycles. The first-order valence-electron chi connectivity index (χ1n) is 13.5. The molecule has 0 bridgehead atoms. The number of ether oxygens (including phenoxy) is 1. The molecular weight excluding hydrogens is 527 g/mol. The number of halogens is 1. The molecule has 0 radical (unpaired) electrons. The maximum Gasteiger partial charge on any atom is 0.335 e. The van der Waals surface area contributed by atoms with Crippen LogP contribution >= 0.6 is 0 Å². The number of carbonyl (C=O) groups is 2. The van der Waals surface area contributed by atoms with Gasteiger partial charge in [-0.3, -0.25) is 4.79 Å². The fourth-order valence-corrected chi connectivity index (χ4v) is 5.56. The molecule has 1 atom stereocenters. The number of anilines is 1. The highest BCUT2D eigenvalue weighted by Crippen LogP contribution is 2.36. The monoisotopic (exact) mass is 556 g/mol. The first-order chi connectivity index (χ1) is 19.8. The van der Waals surface area contributed by atoms with Gasteiger partial charge in [-0.1, -0.05) is 6.07 Å². The molecule has 1 unspecified atom stereocenters. The number of aromatic nitrogens is 1. The minimum absolute atomic E-state index is 0.0158. The molecule has 0 aliphatic carbocycles. The summed E-state index contributed by atoms with van der Waals surface area (Å²) in [6.07, 6.45) is 0.852. The van der Waals surface area contributed by atoms with E-state index in [2.05, 4.69) is 5.32 Å². The Bertz CT molecular complexity index is 1690. The number of amides is 1. The van der Waals surface area contributed by atoms with Gasteiger partial charge in [-0.2, -0.15) is 0 Å². The van der Waals surface area contributed by atoms with Crippen LogP contribution in [-0.2, 0) is 23.0 Å². The minimum atomic E-state index is -1.07. The Morgan fingerprint density at radius 3 is 2.61 bits per heavy atom. The van der Waals surface area contributed by atoms with Crippen LogP contribution < -0.4 is 10.2 Å². The highest BCUT2D eigenvalue weighted by atomic mass is 19.1. The average Bonchev–Trinajstić information content (AvgIpc) is 3.51. The lowest BCUT2D eigenvalue weighted by Gasteiger charge is -2.25. The van der Waals surface area contributed by atoms with Gasteiger partial charge >= 0.3 is 5.97 Å². The molecule has 3 heterocycles. The molecule has 1 aromatic heterocycles. The number of hydrogen-bond acceptors (Lipinski definition) is 6. The van der Waals surface area contributed by atoms with Crippen LogP contribution in [0, 0.1) is 5.82 Å². The number of rotatable bonds is 6. The molecule has 1 amide bonds. The predicted molar refractivity (Wildman–Crippen MR) is 153 cm³/mol. The van der Waals surface area contributed by atoms with Gasteiger partial charge in [0.1, 0.15) is 5.82 Å². The molecule has 0 spiro atoms. The van der Waals surface area contributed by atoms with Gasteiger partial charge in [-0.15, -0.1) is 0 Å². The molecule has 3 aromatic carbocycles. The molecule has 2 aliphatic heterocycles. The van der Waals surface area contributed by atoms with Crippen LogP contribution in [0.15, 0.2) is 65.7 Å². The molecule has 10 heteroatoms. The van der Waals surface area contributed by atoms with Gasteiger partial charge in [0.2, 0.25) is 11.8 Å². The molecule has 1 saturated heterocycles. The summed E-state index contributed by atoms with van der Waals surface area (Å²) in [7, 11) is 1.64. The molecule has 3 N–H and O–H groups in total. The summed E-state index contributed by atoms with van der Waals surface area (Å²) < 4.78 is 21.1. The van der Waals surface area contributed by atoms with E-state index in [0.717, 1.165) is 17.8 Å². The topological polar surface area (TPSA) is 116 Å². The Balaban J connectivity index is 1.40. The number of hydrogen-bond donors (Lipinski definition) is 3. The van der Waals surface area contributed by atoms with Gasteiger partial charge in [0, 0.05) is 43.3 Å². The highest BCUT2D eigenvalue weighted by molar-refractivity contribution is 6.22. The van der Waals surface area contributed by atoms with Crippen molar-refractivity contribution in [3.63, 3.8) is 0 Å². The van der Waals surface area contributed by atoms with Crippen LogP contribution in [0.3, 0.4) is 0 Å². The number of aromatic carboxylic acids is 1. The normalized spacial score (nSPS) is 17.2. The smallest absolute Gasteiger partial charge is 0.335 e. The van der Waals surface area contributed by atoms with Crippen molar-refractivity contribution in [3.8, 4) is 5.88 Å². The maximum atomic E-state index is 13.8. The Kier molecular flexibility index (Phi) is 7.02. The van der Waals surface area contributed by atoms with Crippen molar-refractivity contribution >= 4 is 39.9 Å². The van der Waals surface area contributed by atoms with Crippen molar-refractivity contribution < 1.29 is 28.9 Å². The van der Waals surface area contributed by atoms with Gasteiger partial charge in [0.05, 0.1) is 47.2 Å². The van der Waals surface area contributed by atoms with E-state index in [4.69, 9.17) is 9.73 Å². The number of fused-ring (bicyclic) bond motifs is 2. The number of benzene rings is 3. The largest absolute Gasteiger partial charge is 0.494 e. The van der Waals surface area contributed by atoms with Crippen molar-refractivity contribution in [2.24, 2.45) is 12.0 Å². The molecule has 9 nitrogen and oxygen atoms in total. The second kappa shape index (κ2) is 10.8. The van der Waals surface area contributed by atoms with E-state index in [-0.39, 0.29) is 23.5 Å². The van der Waals surface area contributed by atoms with Crippen LogP contribution in [-0.4, -0.2) is 64.7 Å². The fraction of sp³-hybridized carbons (Fsp3) is 0.258. The zero-order valence-corrected chi connectivity index (χ0v) is 22.4. The van der Waals surface area contributed by atoms with Crippen molar-refractivity contribution in [1.29, 1.82) is 0 Å². The van der Waals surface area contributed by atoms with Gasteiger partial charge < -0.3 is 29.7 Å². The third-order valence-corrected chi connectivity index (χ3v) is 7.68. The molecule has 4 aromatic rings. The molecule has 1 fully saturated rings. The van der Waals surface area contributed by atoms with Gasteiger partial charge in [0.15, 0.2) is 0 Å². The molecule has 41 heavy (non-hydrogen) atoms. The maximum absolute atomic E-state index is 13.8. The number of carboxylic acid groups (broad SMARTS) is 1. The Labute approximate surface area is 235 Å². The van der Waals surface area contributed by atoms with E-state index < -0.39 is 11.8 Å². The molecule has 6 rings (SSSR count). The summed E-state index contributed by atoms with van der Waals surface area (Å²) in [6.45, 7) is 2.62. The van der Waals surface area contributed by atoms with E-state index in [9.17, 15) is 24.2 Å². The summed E-state index contributed by atoms with van der Waals surface area (Å²) in [5.41, 5.74) is 4.43. The molecule has 210 valence electrons. The van der Waals surface area contributed by atoms with Crippen molar-refractivity contribution in [2.75, 3.05) is 31.1 Å². The van der Waals surface area contributed by atoms with Crippen LogP contribution in [0.1, 0.15) is 33.5 Å². The van der Waals surface area contributed by atoms with Crippen molar-refractivity contribution in [2.45, 2.75) is 18.9 Å². The molecular formula is C31H29FN4O5. The first-order valence-corrected chi connectivity index (χ1v) is 13.5. The summed E-state index contributed by atoms with van der Waals surface area (Å²) in [5, 5.41) is 24.5. The number of aryl methyl sites for hydroxylation is 1. The zero-order valence-electron chi connectivity index (χ0n) is 22.4. The zero-order chi connectivity index (χ0) is 28.7. The first kappa shape index (κ1) is 26.7. The Hall–Kier alpha value is -4.54. The van der Waals surface area contributed by atoms with E-state index in [0.29, 0.717) is 66.0 Å². The summed E-state index contributed by atoms with van der Waals surface area (Å²) in [6, 6.07) is 16.1. The lowest BCUT2D eigenvalue weighted by atomic mass is 10.00.